The van der Waals surface area contributed by atoms with Crippen molar-refractivity contribution >= 4 is 27.2 Å². The van der Waals surface area contributed by atoms with E-state index in [1.54, 1.807) is 11.3 Å². The third kappa shape index (κ3) is 1.63. The van der Waals surface area contributed by atoms with Gasteiger partial charge < -0.3 is 10.1 Å². The average molecular weight is 246 g/mol. The van der Waals surface area contributed by atoms with Crippen molar-refractivity contribution in [1.29, 1.82) is 0 Å². The third-order valence-electron chi connectivity index (χ3n) is 3.43. The lowest BCUT2D eigenvalue weighted by atomic mass is 10.1. The monoisotopic (exact) mass is 246 g/mol. The normalized spacial score (nSPS) is 19.3. The summed E-state index contributed by atoms with van der Waals surface area (Å²) in [5.41, 5.74) is 4.95. The lowest BCUT2D eigenvalue weighted by Gasteiger charge is -2.20. The number of hydrogen-bond acceptors (Lipinski definition) is 4. The molecule has 1 fully saturated rings. The minimum absolute atomic E-state index is 0.675. The predicted octanol–water partition coefficient (Wildman–Crippen LogP) is 2.94. The second-order valence-electron chi connectivity index (χ2n) is 4.77. The zero-order valence-corrected chi connectivity index (χ0v) is 10.3. The molecule has 4 heteroatoms. The molecule has 0 unspecified atom stereocenters. The van der Waals surface area contributed by atoms with Gasteiger partial charge in [0, 0.05) is 18.0 Å². The lowest BCUT2D eigenvalue weighted by molar-refractivity contribution is 0.110. The van der Waals surface area contributed by atoms with Gasteiger partial charge in [-0.05, 0) is 24.3 Å². The fourth-order valence-electron chi connectivity index (χ4n) is 2.36. The number of aromatic nitrogens is 1. The molecule has 17 heavy (non-hydrogen) atoms. The summed E-state index contributed by atoms with van der Waals surface area (Å²) < 4.78 is 6.88. The highest BCUT2D eigenvalue weighted by molar-refractivity contribution is 7.17. The number of fused-ring (bicyclic) bond motifs is 2. The maximum atomic E-state index is 5.59. The number of anilines is 1. The Morgan fingerprint density at radius 1 is 1.41 bits per heavy atom. The van der Waals surface area contributed by atoms with Crippen molar-refractivity contribution in [3.63, 3.8) is 0 Å². The van der Waals surface area contributed by atoms with E-state index in [1.165, 1.54) is 34.5 Å². The van der Waals surface area contributed by atoms with Crippen LogP contribution in [0.4, 0.5) is 5.69 Å². The quantitative estimate of drug-likeness (QED) is 0.884. The summed E-state index contributed by atoms with van der Waals surface area (Å²) in [5, 5.41) is 5.79. The van der Waals surface area contributed by atoms with E-state index in [1.807, 2.05) is 0 Å². The van der Waals surface area contributed by atoms with Crippen molar-refractivity contribution in [3.05, 3.63) is 22.7 Å². The maximum Gasteiger partial charge on any atom is 0.0834 e. The van der Waals surface area contributed by atoms with Crippen molar-refractivity contribution in [2.45, 2.75) is 31.9 Å². The van der Waals surface area contributed by atoms with Gasteiger partial charge in [-0.1, -0.05) is 0 Å². The van der Waals surface area contributed by atoms with Crippen molar-refractivity contribution in [3.8, 4) is 0 Å². The van der Waals surface area contributed by atoms with Gasteiger partial charge in [0.15, 0.2) is 0 Å². The first kappa shape index (κ1) is 9.85. The Morgan fingerprint density at radius 2 is 2.35 bits per heavy atom. The smallest absolute Gasteiger partial charge is 0.0834 e. The Balaban J connectivity index is 1.93. The molecule has 0 bridgehead atoms. The molecule has 3 nitrogen and oxygen atoms in total. The van der Waals surface area contributed by atoms with E-state index >= 15 is 0 Å². The van der Waals surface area contributed by atoms with Gasteiger partial charge in [-0.2, -0.15) is 0 Å². The molecule has 4 rings (SSSR count). The molecule has 2 aromatic rings. The largest absolute Gasteiger partial charge is 0.381 e. The summed E-state index contributed by atoms with van der Waals surface area (Å²) in [6.45, 7) is 1.52. The van der Waals surface area contributed by atoms with Crippen LogP contribution in [0, 0.1) is 0 Å². The molecular formula is C13H14N2OS. The molecule has 0 atom stereocenters. The van der Waals surface area contributed by atoms with E-state index in [2.05, 4.69) is 16.8 Å². The Bertz CT molecular complexity index is 574. The average Bonchev–Trinajstić information content (AvgIpc) is 3.05. The van der Waals surface area contributed by atoms with Crippen LogP contribution in [-0.4, -0.2) is 17.6 Å². The molecular weight excluding hydrogens is 232 g/mol. The fourth-order valence-corrected chi connectivity index (χ4v) is 3.23. The van der Waals surface area contributed by atoms with Gasteiger partial charge in [-0.3, -0.25) is 4.98 Å². The predicted molar refractivity (Wildman–Crippen MR) is 69.6 cm³/mol. The van der Waals surface area contributed by atoms with Gasteiger partial charge >= 0.3 is 0 Å². The summed E-state index contributed by atoms with van der Waals surface area (Å²) in [5.74, 6) is 0. The van der Waals surface area contributed by atoms with E-state index in [0.29, 0.717) is 12.6 Å². The molecule has 0 saturated heterocycles. The Hall–Kier alpha value is -1.13. The number of pyridine rings is 1. The van der Waals surface area contributed by atoms with E-state index < -0.39 is 0 Å². The van der Waals surface area contributed by atoms with Crippen LogP contribution in [0.25, 0.3) is 10.2 Å². The van der Waals surface area contributed by atoms with Crippen molar-refractivity contribution in [2.75, 3.05) is 11.9 Å². The van der Waals surface area contributed by atoms with Crippen LogP contribution in [0.1, 0.15) is 24.1 Å². The molecule has 0 aromatic carbocycles. The Labute approximate surface area is 104 Å². The maximum absolute atomic E-state index is 5.59. The van der Waals surface area contributed by atoms with Crippen LogP contribution in [0.5, 0.6) is 0 Å². The van der Waals surface area contributed by atoms with Crippen LogP contribution < -0.4 is 5.32 Å². The van der Waals surface area contributed by atoms with Crippen molar-refractivity contribution in [2.24, 2.45) is 0 Å². The van der Waals surface area contributed by atoms with Crippen molar-refractivity contribution < 1.29 is 4.74 Å². The number of thiophene rings is 1. The summed E-state index contributed by atoms with van der Waals surface area (Å²) in [6.07, 6.45) is 3.54. The van der Waals surface area contributed by atoms with Crippen LogP contribution in [0.3, 0.4) is 0 Å². The molecule has 1 aliphatic heterocycles. The summed E-state index contributed by atoms with van der Waals surface area (Å²) in [6, 6.07) is 2.79. The van der Waals surface area contributed by atoms with Gasteiger partial charge in [0.25, 0.3) is 0 Å². The summed E-state index contributed by atoms with van der Waals surface area (Å²) in [4.78, 5) is 4.75. The van der Waals surface area contributed by atoms with Crippen LogP contribution in [0.2, 0.25) is 0 Å². The second kappa shape index (κ2) is 3.68. The molecule has 1 N–H and O–H groups in total. The number of nitrogens with one attached hydrogen (secondary N) is 1. The molecule has 3 heterocycles. The highest BCUT2D eigenvalue weighted by atomic mass is 32.1. The van der Waals surface area contributed by atoms with Gasteiger partial charge in [0.1, 0.15) is 0 Å². The first-order chi connectivity index (χ1) is 8.42. The van der Waals surface area contributed by atoms with Crippen molar-refractivity contribution in [1.82, 2.24) is 4.98 Å². The number of rotatable bonds is 2. The molecule has 0 radical (unpaired) electrons. The first-order valence-corrected chi connectivity index (χ1v) is 7.03. The van der Waals surface area contributed by atoms with Gasteiger partial charge in [0.05, 0.1) is 34.8 Å². The van der Waals surface area contributed by atoms with Crippen LogP contribution >= 0.6 is 11.3 Å². The topological polar surface area (TPSA) is 34.2 Å². The lowest BCUT2D eigenvalue weighted by Crippen LogP contribution is -2.15. The summed E-state index contributed by atoms with van der Waals surface area (Å²) >= 11 is 1.78. The first-order valence-electron chi connectivity index (χ1n) is 6.15. The highest BCUT2D eigenvalue weighted by Gasteiger charge is 2.26. The Morgan fingerprint density at radius 3 is 3.24 bits per heavy atom. The van der Waals surface area contributed by atoms with E-state index in [4.69, 9.17) is 9.72 Å². The molecule has 88 valence electrons. The zero-order chi connectivity index (χ0) is 11.2. The third-order valence-corrected chi connectivity index (χ3v) is 4.35. The van der Waals surface area contributed by atoms with E-state index in [0.717, 1.165) is 18.5 Å². The van der Waals surface area contributed by atoms with Crippen LogP contribution in [-0.2, 0) is 17.8 Å². The minimum atomic E-state index is 0.675. The second-order valence-corrected chi connectivity index (χ2v) is 5.68. The fraction of sp³-hybridized carbons (Fsp3) is 0.462. The number of ether oxygens (including phenoxy) is 1. The van der Waals surface area contributed by atoms with Gasteiger partial charge in [-0.15, -0.1) is 11.3 Å². The minimum Gasteiger partial charge on any atom is -0.381 e. The molecule has 1 saturated carbocycles. The standard InChI is InChI=1S/C13H14N2OS/c1-2-8(1)14-12-9-7-16-5-3-10(9)15-11-4-6-17-13(11)12/h4,6,8H,1-3,5,7H2,(H,14,15). The Kier molecular flexibility index (Phi) is 2.13. The van der Waals surface area contributed by atoms with E-state index in [9.17, 15) is 0 Å². The van der Waals surface area contributed by atoms with Gasteiger partial charge in [0.2, 0.25) is 0 Å². The number of hydrogen-bond donors (Lipinski definition) is 1. The van der Waals surface area contributed by atoms with E-state index in [-0.39, 0.29) is 0 Å². The molecule has 2 aliphatic rings. The summed E-state index contributed by atoms with van der Waals surface area (Å²) in [7, 11) is 0. The SMILES string of the molecule is c1cc2nc3c(c(NC4CC4)c2s1)COCC3. The highest BCUT2D eigenvalue weighted by Crippen LogP contribution is 2.37. The molecule has 2 aromatic heterocycles. The van der Waals surface area contributed by atoms with Gasteiger partial charge in [-0.25, -0.2) is 0 Å². The number of nitrogens with zero attached hydrogens (tertiary/aromatic N) is 1. The molecule has 0 spiro atoms. The van der Waals surface area contributed by atoms with Crippen LogP contribution in [0.15, 0.2) is 11.4 Å². The molecule has 1 aliphatic carbocycles. The molecule has 0 amide bonds. The zero-order valence-electron chi connectivity index (χ0n) is 9.53.